The fourth-order valence-electron chi connectivity index (χ4n) is 2.19. The molecule has 1 atom stereocenters. The van der Waals surface area contributed by atoms with E-state index in [-0.39, 0.29) is 0 Å². The zero-order chi connectivity index (χ0) is 10.8. The Kier molecular flexibility index (Phi) is 2.58. The van der Waals surface area contributed by atoms with Gasteiger partial charge in [-0.15, -0.1) is 11.3 Å². The topological polar surface area (TPSA) is 37.8 Å². The van der Waals surface area contributed by atoms with Gasteiger partial charge in [0.1, 0.15) is 0 Å². The Morgan fingerprint density at radius 3 is 3.19 bits per heavy atom. The van der Waals surface area contributed by atoms with E-state index >= 15 is 0 Å². The molecule has 0 unspecified atom stereocenters. The molecule has 0 aromatic carbocycles. The number of aryl methyl sites for hydroxylation is 1. The van der Waals surface area contributed by atoms with E-state index < -0.39 is 0 Å². The van der Waals surface area contributed by atoms with Crippen LogP contribution in [0.3, 0.4) is 0 Å². The molecule has 0 radical (unpaired) electrons. The molecule has 0 fully saturated rings. The third-order valence-corrected chi connectivity index (χ3v) is 3.63. The maximum Gasteiger partial charge on any atom is 0.183 e. The first kappa shape index (κ1) is 9.78. The predicted molar refractivity (Wildman–Crippen MR) is 65.7 cm³/mol. The summed E-state index contributed by atoms with van der Waals surface area (Å²) < 4.78 is 0. The molecule has 3 nitrogen and oxygen atoms in total. The number of hydrogen-bond acceptors (Lipinski definition) is 4. The molecule has 82 valence electrons. The summed E-state index contributed by atoms with van der Waals surface area (Å²) in [5.74, 6) is 0. The minimum Gasteiger partial charge on any atom is -0.353 e. The van der Waals surface area contributed by atoms with Gasteiger partial charge < -0.3 is 5.32 Å². The van der Waals surface area contributed by atoms with E-state index in [1.165, 1.54) is 17.7 Å². The lowest BCUT2D eigenvalue weighted by molar-refractivity contribution is 0.583. The summed E-state index contributed by atoms with van der Waals surface area (Å²) in [4.78, 5) is 8.76. The summed E-state index contributed by atoms with van der Waals surface area (Å²) in [7, 11) is 0. The SMILES string of the molecule is c1cnc2c(c1)CCC[C@H]2Nc1nccs1. The molecular formula is C12H13N3S. The van der Waals surface area contributed by atoms with E-state index in [0.29, 0.717) is 6.04 Å². The summed E-state index contributed by atoms with van der Waals surface area (Å²) >= 11 is 1.64. The van der Waals surface area contributed by atoms with E-state index in [0.717, 1.165) is 18.0 Å². The number of nitrogens with zero attached hydrogens (tertiary/aromatic N) is 2. The normalized spacial score (nSPS) is 19.1. The van der Waals surface area contributed by atoms with Crippen molar-refractivity contribution in [2.75, 3.05) is 5.32 Å². The Labute approximate surface area is 98.6 Å². The van der Waals surface area contributed by atoms with Crippen LogP contribution in [0.25, 0.3) is 0 Å². The van der Waals surface area contributed by atoms with Gasteiger partial charge in [-0.05, 0) is 30.9 Å². The molecule has 0 bridgehead atoms. The van der Waals surface area contributed by atoms with Crippen LogP contribution in [0.5, 0.6) is 0 Å². The maximum atomic E-state index is 4.50. The molecule has 0 saturated carbocycles. The van der Waals surface area contributed by atoms with Crippen molar-refractivity contribution in [2.24, 2.45) is 0 Å². The first-order chi connectivity index (χ1) is 7.93. The Hall–Kier alpha value is -1.42. The fourth-order valence-corrected chi connectivity index (χ4v) is 2.78. The third-order valence-electron chi connectivity index (χ3n) is 2.93. The van der Waals surface area contributed by atoms with E-state index in [2.05, 4.69) is 21.4 Å². The van der Waals surface area contributed by atoms with Crippen LogP contribution in [-0.4, -0.2) is 9.97 Å². The molecule has 0 saturated heterocycles. The third kappa shape index (κ3) is 1.80. The standard InChI is InChI=1S/C12H13N3S/c1-3-9-4-2-6-13-11(9)10(5-1)15-12-14-7-8-16-12/h2,4,6-8,10H,1,3,5H2,(H,14,15)/t10-/m1/s1. The van der Waals surface area contributed by atoms with Crippen molar-refractivity contribution < 1.29 is 0 Å². The lowest BCUT2D eigenvalue weighted by Gasteiger charge is -2.24. The van der Waals surface area contributed by atoms with Gasteiger partial charge in [-0.2, -0.15) is 0 Å². The zero-order valence-electron chi connectivity index (χ0n) is 8.89. The number of fused-ring (bicyclic) bond motifs is 1. The molecule has 2 heterocycles. The van der Waals surface area contributed by atoms with Crippen molar-refractivity contribution in [3.63, 3.8) is 0 Å². The monoisotopic (exact) mass is 231 g/mol. The average molecular weight is 231 g/mol. The minimum atomic E-state index is 0.330. The van der Waals surface area contributed by atoms with Crippen LogP contribution in [0.15, 0.2) is 29.9 Å². The summed E-state index contributed by atoms with van der Waals surface area (Å²) in [6, 6.07) is 4.53. The smallest absolute Gasteiger partial charge is 0.183 e. The molecule has 4 heteroatoms. The molecule has 0 aliphatic heterocycles. The van der Waals surface area contributed by atoms with Crippen LogP contribution in [0.4, 0.5) is 5.13 Å². The van der Waals surface area contributed by atoms with E-state index in [9.17, 15) is 0 Å². The van der Waals surface area contributed by atoms with Gasteiger partial charge in [-0.25, -0.2) is 4.98 Å². The van der Waals surface area contributed by atoms with Crippen molar-refractivity contribution in [1.29, 1.82) is 0 Å². The lowest BCUT2D eigenvalue weighted by Crippen LogP contribution is -2.18. The van der Waals surface area contributed by atoms with Crippen molar-refractivity contribution in [1.82, 2.24) is 9.97 Å². The predicted octanol–water partition coefficient (Wildman–Crippen LogP) is 3.03. The molecule has 2 aromatic rings. The summed E-state index contributed by atoms with van der Waals surface area (Å²) in [6.45, 7) is 0. The second-order valence-corrected chi connectivity index (χ2v) is 4.87. The first-order valence-corrected chi connectivity index (χ1v) is 6.41. The van der Waals surface area contributed by atoms with Crippen LogP contribution >= 0.6 is 11.3 Å². The molecule has 1 N–H and O–H groups in total. The second kappa shape index (κ2) is 4.22. The molecule has 1 aliphatic carbocycles. The quantitative estimate of drug-likeness (QED) is 0.863. The maximum absolute atomic E-state index is 4.50. The van der Waals surface area contributed by atoms with Crippen LogP contribution in [0, 0.1) is 0 Å². The fraction of sp³-hybridized carbons (Fsp3) is 0.333. The van der Waals surface area contributed by atoms with Crippen molar-refractivity contribution in [3.05, 3.63) is 41.2 Å². The van der Waals surface area contributed by atoms with E-state index in [1.54, 1.807) is 11.3 Å². The average Bonchev–Trinajstić information content (AvgIpc) is 2.82. The highest BCUT2D eigenvalue weighted by Gasteiger charge is 2.21. The number of nitrogens with one attached hydrogen (secondary N) is 1. The Morgan fingerprint density at radius 2 is 2.31 bits per heavy atom. The van der Waals surface area contributed by atoms with Gasteiger partial charge in [-0.1, -0.05) is 6.07 Å². The second-order valence-electron chi connectivity index (χ2n) is 3.97. The van der Waals surface area contributed by atoms with Crippen molar-refractivity contribution >= 4 is 16.5 Å². The largest absolute Gasteiger partial charge is 0.353 e. The Morgan fingerprint density at radius 1 is 1.31 bits per heavy atom. The first-order valence-electron chi connectivity index (χ1n) is 5.53. The van der Waals surface area contributed by atoms with Gasteiger partial charge in [0.05, 0.1) is 11.7 Å². The zero-order valence-corrected chi connectivity index (χ0v) is 9.70. The van der Waals surface area contributed by atoms with E-state index in [1.807, 2.05) is 23.8 Å². The molecule has 1 aliphatic rings. The van der Waals surface area contributed by atoms with Crippen molar-refractivity contribution in [2.45, 2.75) is 25.3 Å². The number of thiazole rings is 1. The summed E-state index contributed by atoms with van der Waals surface area (Å²) in [5, 5.41) is 6.44. The number of hydrogen-bond donors (Lipinski definition) is 1. The Balaban J connectivity index is 1.87. The minimum absolute atomic E-state index is 0.330. The van der Waals surface area contributed by atoms with E-state index in [4.69, 9.17) is 0 Å². The number of rotatable bonds is 2. The number of pyridine rings is 1. The highest BCUT2D eigenvalue weighted by atomic mass is 32.1. The van der Waals surface area contributed by atoms with Gasteiger partial charge in [-0.3, -0.25) is 4.98 Å². The highest BCUT2D eigenvalue weighted by molar-refractivity contribution is 7.13. The number of anilines is 1. The van der Waals surface area contributed by atoms with Crippen LogP contribution in [0.2, 0.25) is 0 Å². The van der Waals surface area contributed by atoms with Crippen LogP contribution < -0.4 is 5.32 Å². The van der Waals surface area contributed by atoms with Gasteiger partial charge in [0, 0.05) is 17.8 Å². The van der Waals surface area contributed by atoms with Gasteiger partial charge in [0.2, 0.25) is 0 Å². The molecule has 3 rings (SSSR count). The van der Waals surface area contributed by atoms with Gasteiger partial charge >= 0.3 is 0 Å². The molecule has 0 amide bonds. The molecular weight excluding hydrogens is 218 g/mol. The lowest BCUT2D eigenvalue weighted by atomic mass is 9.92. The molecule has 2 aromatic heterocycles. The molecule has 16 heavy (non-hydrogen) atoms. The van der Waals surface area contributed by atoms with Gasteiger partial charge in [0.25, 0.3) is 0 Å². The number of aromatic nitrogens is 2. The Bertz CT molecular complexity index is 467. The summed E-state index contributed by atoms with van der Waals surface area (Å²) in [5.41, 5.74) is 2.58. The molecule has 0 spiro atoms. The van der Waals surface area contributed by atoms with Crippen LogP contribution in [-0.2, 0) is 6.42 Å². The van der Waals surface area contributed by atoms with Crippen LogP contribution in [0.1, 0.15) is 30.1 Å². The summed E-state index contributed by atoms with van der Waals surface area (Å²) in [6.07, 6.45) is 7.22. The van der Waals surface area contributed by atoms with Gasteiger partial charge in [0.15, 0.2) is 5.13 Å². The van der Waals surface area contributed by atoms with Crippen molar-refractivity contribution in [3.8, 4) is 0 Å². The highest BCUT2D eigenvalue weighted by Crippen LogP contribution is 2.31.